The molecule has 3 amide bonds. The maximum Gasteiger partial charge on any atom is 0.257 e. The number of amides is 3. The third-order valence-corrected chi connectivity index (χ3v) is 6.49. The minimum absolute atomic E-state index is 0.0151. The van der Waals surface area contributed by atoms with E-state index in [9.17, 15) is 14.4 Å². The molecule has 0 saturated carbocycles. The van der Waals surface area contributed by atoms with Gasteiger partial charge in [-0.3, -0.25) is 14.4 Å². The number of aryl methyl sites for hydroxylation is 1. The molecular formula is C26H31N3O4. The minimum Gasteiger partial charge on any atom is -0.496 e. The van der Waals surface area contributed by atoms with E-state index in [1.165, 1.54) is 5.56 Å². The summed E-state index contributed by atoms with van der Waals surface area (Å²) in [6.07, 6.45) is 0.964. The normalized spacial score (nSPS) is 18.9. The first kappa shape index (κ1) is 22.8. The fourth-order valence-corrected chi connectivity index (χ4v) is 4.60. The average Bonchev–Trinajstić information content (AvgIpc) is 3.03. The lowest BCUT2D eigenvalue weighted by Gasteiger charge is -2.25. The van der Waals surface area contributed by atoms with Crippen LogP contribution in [0.25, 0.3) is 0 Å². The third-order valence-electron chi connectivity index (χ3n) is 6.49. The van der Waals surface area contributed by atoms with Gasteiger partial charge in [-0.1, -0.05) is 42.0 Å². The third kappa shape index (κ3) is 5.18. The second kappa shape index (κ2) is 10.1. The molecule has 0 N–H and O–H groups in total. The van der Waals surface area contributed by atoms with Crippen molar-refractivity contribution in [1.82, 2.24) is 14.7 Å². The van der Waals surface area contributed by atoms with Crippen molar-refractivity contribution in [3.05, 3.63) is 65.2 Å². The Bertz CT molecular complexity index is 1020. The average molecular weight is 450 g/mol. The highest BCUT2D eigenvalue weighted by atomic mass is 16.5. The summed E-state index contributed by atoms with van der Waals surface area (Å²) in [7, 11) is 1.56. The fourth-order valence-electron chi connectivity index (χ4n) is 4.60. The summed E-state index contributed by atoms with van der Waals surface area (Å²) in [5.74, 6) is 0.192. The SMILES string of the molecule is COc1ccccc1C(=O)N1CCCN(C(=O)C2CC(=O)N(Cc3ccc(C)cc3)C2)CC1. The van der Waals surface area contributed by atoms with Crippen LogP contribution in [-0.2, 0) is 16.1 Å². The van der Waals surface area contributed by atoms with Gasteiger partial charge in [0.25, 0.3) is 5.91 Å². The molecule has 2 aromatic rings. The first-order valence-corrected chi connectivity index (χ1v) is 11.5. The summed E-state index contributed by atoms with van der Waals surface area (Å²) in [5, 5.41) is 0. The van der Waals surface area contributed by atoms with E-state index in [-0.39, 0.29) is 30.1 Å². The molecule has 2 aromatic carbocycles. The van der Waals surface area contributed by atoms with Crippen molar-refractivity contribution >= 4 is 17.7 Å². The van der Waals surface area contributed by atoms with Crippen LogP contribution in [0.3, 0.4) is 0 Å². The van der Waals surface area contributed by atoms with E-state index in [0.717, 1.165) is 5.56 Å². The monoisotopic (exact) mass is 449 g/mol. The molecule has 1 atom stereocenters. The molecule has 2 fully saturated rings. The molecule has 2 saturated heterocycles. The standard InChI is InChI=1S/C26H31N3O4/c1-19-8-10-20(11-9-19)17-29-18-21(16-24(29)30)25(31)27-12-5-13-28(15-14-27)26(32)22-6-3-4-7-23(22)33-2/h3-4,6-11,21H,5,12-18H2,1-2H3. The molecule has 7 nitrogen and oxygen atoms in total. The lowest BCUT2D eigenvalue weighted by Crippen LogP contribution is -2.40. The first-order valence-electron chi connectivity index (χ1n) is 11.5. The molecule has 0 aromatic heterocycles. The van der Waals surface area contributed by atoms with Crippen LogP contribution in [-0.4, -0.2) is 72.3 Å². The lowest BCUT2D eigenvalue weighted by atomic mass is 10.1. The summed E-state index contributed by atoms with van der Waals surface area (Å²) >= 11 is 0. The molecule has 2 aliphatic heterocycles. The molecule has 0 spiro atoms. The van der Waals surface area contributed by atoms with Crippen LogP contribution >= 0.6 is 0 Å². The highest BCUT2D eigenvalue weighted by molar-refractivity contribution is 5.97. The Morgan fingerprint density at radius 3 is 2.42 bits per heavy atom. The molecule has 33 heavy (non-hydrogen) atoms. The zero-order valence-electron chi connectivity index (χ0n) is 19.3. The first-order chi connectivity index (χ1) is 16.0. The van der Waals surface area contributed by atoms with Gasteiger partial charge in [-0.25, -0.2) is 0 Å². The molecule has 4 rings (SSSR count). The predicted molar refractivity (Wildman–Crippen MR) is 125 cm³/mol. The van der Waals surface area contributed by atoms with Gasteiger partial charge in [-0.15, -0.1) is 0 Å². The number of para-hydroxylation sites is 1. The Labute approximate surface area is 194 Å². The van der Waals surface area contributed by atoms with Gasteiger partial charge >= 0.3 is 0 Å². The number of hydrogen-bond acceptors (Lipinski definition) is 4. The Morgan fingerprint density at radius 1 is 0.970 bits per heavy atom. The van der Waals surface area contributed by atoms with E-state index in [0.29, 0.717) is 57.0 Å². The maximum atomic E-state index is 13.2. The van der Waals surface area contributed by atoms with Crippen LogP contribution in [0.5, 0.6) is 5.75 Å². The number of hydrogen-bond donors (Lipinski definition) is 0. The Hall–Kier alpha value is -3.35. The van der Waals surface area contributed by atoms with Crippen molar-refractivity contribution in [2.45, 2.75) is 26.3 Å². The quantitative estimate of drug-likeness (QED) is 0.704. The molecule has 1 unspecified atom stereocenters. The van der Waals surface area contributed by atoms with E-state index in [1.54, 1.807) is 29.0 Å². The molecule has 174 valence electrons. The predicted octanol–water partition coefficient (Wildman–Crippen LogP) is 2.73. The van der Waals surface area contributed by atoms with Crippen molar-refractivity contribution in [3.63, 3.8) is 0 Å². The summed E-state index contributed by atoms with van der Waals surface area (Å²) < 4.78 is 5.34. The number of rotatable bonds is 5. The zero-order valence-corrected chi connectivity index (χ0v) is 19.3. The number of benzene rings is 2. The van der Waals surface area contributed by atoms with Gasteiger partial charge in [0, 0.05) is 45.7 Å². The van der Waals surface area contributed by atoms with Crippen molar-refractivity contribution in [2.24, 2.45) is 5.92 Å². The van der Waals surface area contributed by atoms with Gasteiger partial charge in [0.2, 0.25) is 11.8 Å². The smallest absolute Gasteiger partial charge is 0.257 e. The summed E-state index contributed by atoms with van der Waals surface area (Å²) in [5.41, 5.74) is 2.79. The number of carbonyl (C=O) groups is 3. The van der Waals surface area contributed by atoms with E-state index in [1.807, 2.05) is 48.2 Å². The molecule has 2 aliphatic rings. The second-order valence-electron chi connectivity index (χ2n) is 8.83. The highest BCUT2D eigenvalue weighted by Gasteiger charge is 2.37. The van der Waals surface area contributed by atoms with Crippen molar-refractivity contribution < 1.29 is 19.1 Å². The highest BCUT2D eigenvalue weighted by Crippen LogP contribution is 2.24. The zero-order chi connectivity index (χ0) is 23.4. The Kier molecular flexibility index (Phi) is 6.96. The fraction of sp³-hybridized carbons (Fsp3) is 0.423. The van der Waals surface area contributed by atoms with E-state index in [4.69, 9.17) is 4.74 Å². The number of nitrogens with zero attached hydrogens (tertiary/aromatic N) is 3. The van der Waals surface area contributed by atoms with Gasteiger partial charge in [0.1, 0.15) is 5.75 Å². The molecular weight excluding hydrogens is 418 g/mol. The second-order valence-corrected chi connectivity index (χ2v) is 8.83. The molecule has 0 radical (unpaired) electrons. The van der Waals surface area contributed by atoms with Crippen LogP contribution in [0.1, 0.15) is 34.3 Å². The van der Waals surface area contributed by atoms with Crippen molar-refractivity contribution in [2.75, 3.05) is 39.8 Å². The largest absolute Gasteiger partial charge is 0.496 e. The Morgan fingerprint density at radius 2 is 1.67 bits per heavy atom. The van der Waals surface area contributed by atoms with Crippen molar-refractivity contribution in [1.29, 1.82) is 0 Å². The van der Waals surface area contributed by atoms with Gasteiger partial charge in [0.05, 0.1) is 18.6 Å². The molecule has 2 heterocycles. The van der Waals surface area contributed by atoms with Crippen molar-refractivity contribution in [3.8, 4) is 5.75 Å². The molecule has 7 heteroatoms. The van der Waals surface area contributed by atoms with E-state index in [2.05, 4.69) is 0 Å². The van der Waals surface area contributed by atoms with Crippen LogP contribution < -0.4 is 4.74 Å². The minimum atomic E-state index is -0.320. The topological polar surface area (TPSA) is 70.2 Å². The number of methoxy groups -OCH3 is 1. The summed E-state index contributed by atoms with van der Waals surface area (Å²) in [6.45, 7) is 5.14. The van der Waals surface area contributed by atoms with Crippen LogP contribution in [0, 0.1) is 12.8 Å². The number of likely N-dealkylation sites (tertiary alicyclic amines) is 1. The number of ether oxygens (including phenoxy) is 1. The van der Waals surface area contributed by atoms with Crippen LogP contribution in [0.4, 0.5) is 0 Å². The van der Waals surface area contributed by atoms with Gasteiger partial charge in [0.15, 0.2) is 0 Å². The van der Waals surface area contributed by atoms with Gasteiger partial charge in [-0.2, -0.15) is 0 Å². The van der Waals surface area contributed by atoms with Crippen LogP contribution in [0.15, 0.2) is 48.5 Å². The van der Waals surface area contributed by atoms with E-state index >= 15 is 0 Å². The lowest BCUT2D eigenvalue weighted by molar-refractivity contribution is -0.135. The summed E-state index contributed by atoms with van der Waals surface area (Å²) in [4.78, 5) is 44.2. The van der Waals surface area contributed by atoms with Gasteiger partial charge < -0.3 is 19.4 Å². The van der Waals surface area contributed by atoms with Gasteiger partial charge in [-0.05, 0) is 31.0 Å². The Balaban J connectivity index is 1.35. The van der Waals surface area contributed by atoms with Crippen LogP contribution in [0.2, 0.25) is 0 Å². The summed E-state index contributed by atoms with van der Waals surface area (Å²) in [6, 6.07) is 15.3. The molecule has 0 aliphatic carbocycles. The van der Waals surface area contributed by atoms with E-state index < -0.39 is 0 Å². The maximum absolute atomic E-state index is 13.2. The number of carbonyl (C=O) groups excluding carboxylic acids is 3. The molecule has 0 bridgehead atoms.